The second kappa shape index (κ2) is 5.77. The van der Waals surface area contributed by atoms with Crippen molar-refractivity contribution in [2.45, 2.75) is 0 Å². The number of sulfone groups is 1. The molecule has 0 aliphatic carbocycles. The Bertz CT molecular complexity index is 560. The van der Waals surface area contributed by atoms with Gasteiger partial charge >= 0.3 is 6.03 Å². The maximum Gasteiger partial charge on any atom is 0.322 e. The Morgan fingerprint density at radius 3 is 2.44 bits per heavy atom. The first kappa shape index (κ1) is 15.1. The zero-order valence-corrected chi connectivity index (χ0v) is 12.1. The fraction of sp³-hybridized carbons (Fsp3) is 0.300. The maximum atomic E-state index is 11.7. The Hall–Kier alpha value is -0.980. The molecule has 2 amide bonds. The number of nitrogens with zero attached hydrogens (tertiary/aromatic N) is 1. The van der Waals surface area contributed by atoms with Crippen molar-refractivity contribution in [3.8, 4) is 0 Å². The molecule has 8 heteroatoms. The largest absolute Gasteiger partial charge is 0.322 e. The predicted molar refractivity (Wildman–Crippen MR) is 73.0 cm³/mol. The fourth-order valence-electron chi connectivity index (χ4n) is 1.20. The highest BCUT2D eigenvalue weighted by molar-refractivity contribution is 7.90. The Kier molecular flexibility index (Phi) is 4.84. The number of hydrogen-bond donors (Lipinski definition) is 1. The zero-order valence-electron chi connectivity index (χ0n) is 9.78. The predicted octanol–water partition coefficient (Wildman–Crippen LogP) is 2.46. The summed E-state index contributed by atoms with van der Waals surface area (Å²) >= 11 is 11.5. The number of halogens is 2. The fourth-order valence-corrected chi connectivity index (χ4v) is 2.32. The summed E-state index contributed by atoms with van der Waals surface area (Å²) in [5, 5.41) is 3.19. The van der Waals surface area contributed by atoms with E-state index >= 15 is 0 Å². The molecule has 1 N–H and O–H groups in total. The quantitative estimate of drug-likeness (QED) is 0.932. The first-order valence-electron chi connectivity index (χ1n) is 4.84. The van der Waals surface area contributed by atoms with Gasteiger partial charge in [-0.15, -0.1) is 0 Å². The molecule has 0 spiro atoms. The Morgan fingerprint density at radius 1 is 1.33 bits per heavy atom. The minimum atomic E-state index is -3.26. The van der Waals surface area contributed by atoms with E-state index in [4.69, 9.17) is 23.2 Å². The van der Waals surface area contributed by atoms with Crippen LogP contribution in [0.3, 0.4) is 0 Å². The van der Waals surface area contributed by atoms with Crippen molar-refractivity contribution >= 4 is 44.8 Å². The normalized spacial score (nSPS) is 11.1. The standard InChI is InChI=1S/C10H12Cl2N2O3S/c1-14(6-18(2,16)17)10(15)13-7-3-4-8(11)9(12)5-7/h3-5H,6H2,1-2H3,(H,13,15). The van der Waals surface area contributed by atoms with Crippen molar-refractivity contribution < 1.29 is 13.2 Å². The van der Waals surface area contributed by atoms with Crippen LogP contribution in [0.1, 0.15) is 0 Å². The lowest BCUT2D eigenvalue weighted by Gasteiger charge is -2.16. The van der Waals surface area contributed by atoms with Crippen LogP contribution in [0.2, 0.25) is 10.0 Å². The van der Waals surface area contributed by atoms with Crippen LogP contribution in [0.4, 0.5) is 10.5 Å². The molecule has 0 radical (unpaired) electrons. The SMILES string of the molecule is CN(CS(C)(=O)=O)C(=O)Nc1ccc(Cl)c(Cl)c1. The van der Waals surface area contributed by atoms with Gasteiger partial charge in [0.05, 0.1) is 10.0 Å². The van der Waals surface area contributed by atoms with E-state index in [0.29, 0.717) is 15.7 Å². The molecule has 0 bridgehead atoms. The number of urea groups is 1. The summed E-state index contributed by atoms with van der Waals surface area (Å²) in [6.07, 6.45) is 1.05. The van der Waals surface area contributed by atoms with Crippen molar-refractivity contribution in [2.75, 3.05) is 24.5 Å². The van der Waals surface area contributed by atoms with E-state index in [1.165, 1.54) is 19.2 Å². The van der Waals surface area contributed by atoms with Crippen molar-refractivity contribution in [2.24, 2.45) is 0 Å². The molecule has 0 saturated carbocycles. The second-order valence-electron chi connectivity index (χ2n) is 3.81. The van der Waals surface area contributed by atoms with Crippen LogP contribution in [0.25, 0.3) is 0 Å². The van der Waals surface area contributed by atoms with Gasteiger partial charge in [0.15, 0.2) is 9.84 Å². The summed E-state index contributed by atoms with van der Waals surface area (Å²) in [6.45, 7) is 0. The van der Waals surface area contributed by atoms with Gasteiger partial charge in [0.25, 0.3) is 0 Å². The molecule has 0 unspecified atom stereocenters. The minimum absolute atomic E-state index is 0.306. The zero-order chi connectivity index (χ0) is 13.9. The van der Waals surface area contributed by atoms with Crippen LogP contribution >= 0.6 is 23.2 Å². The molecule has 0 heterocycles. The highest BCUT2D eigenvalue weighted by atomic mass is 35.5. The van der Waals surface area contributed by atoms with E-state index in [2.05, 4.69) is 5.32 Å². The molecule has 18 heavy (non-hydrogen) atoms. The van der Waals surface area contributed by atoms with Crippen molar-refractivity contribution in [1.82, 2.24) is 4.90 Å². The smallest absolute Gasteiger partial charge is 0.313 e. The lowest BCUT2D eigenvalue weighted by atomic mass is 10.3. The monoisotopic (exact) mass is 310 g/mol. The average molecular weight is 311 g/mol. The van der Waals surface area contributed by atoms with E-state index in [-0.39, 0.29) is 5.88 Å². The number of rotatable bonds is 3. The number of carbonyl (C=O) groups is 1. The number of benzene rings is 1. The lowest BCUT2D eigenvalue weighted by molar-refractivity contribution is 0.228. The van der Waals surface area contributed by atoms with Gasteiger partial charge in [0.2, 0.25) is 0 Å². The third-order valence-corrected chi connectivity index (χ3v) is 3.54. The number of hydrogen-bond acceptors (Lipinski definition) is 3. The van der Waals surface area contributed by atoms with Crippen molar-refractivity contribution in [3.63, 3.8) is 0 Å². The molecule has 1 aromatic carbocycles. The third-order valence-electron chi connectivity index (χ3n) is 1.95. The first-order valence-corrected chi connectivity index (χ1v) is 7.65. The molecular formula is C10H12Cl2N2O3S. The summed E-state index contributed by atoms with van der Waals surface area (Å²) in [6, 6.07) is 4.05. The maximum absolute atomic E-state index is 11.7. The van der Waals surface area contributed by atoms with E-state index in [1.807, 2.05) is 0 Å². The third kappa shape index (κ3) is 4.72. The molecule has 100 valence electrons. The number of amides is 2. The highest BCUT2D eigenvalue weighted by Gasteiger charge is 2.14. The van der Waals surface area contributed by atoms with E-state index in [1.54, 1.807) is 6.07 Å². The molecule has 0 aliphatic heterocycles. The minimum Gasteiger partial charge on any atom is -0.313 e. The summed E-state index contributed by atoms with van der Waals surface area (Å²) in [5.74, 6) is -0.361. The van der Waals surface area contributed by atoms with Crippen LogP contribution in [0.5, 0.6) is 0 Å². The number of carbonyl (C=O) groups excluding carboxylic acids is 1. The van der Waals surface area contributed by atoms with E-state index in [9.17, 15) is 13.2 Å². The van der Waals surface area contributed by atoms with Gasteiger partial charge in [-0.1, -0.05) is 23.2 Å². The van der Waals surface area contributed by atoms with Crippen LogP contribution < -0.4 is 5.32 Å². The summed E-state index contributed by atoms with van der Waals surface area (Å²) in [5.41, 5.74) is 0.440. The number of nitrogens with one attached hydrogen (secondary N) is 1. The van der Waals surface area contributed by atoms with Gasteiger partial charge in [-0.05, 0) is 18.2 Å². The average Bonchev–Trinajstić information content (AvgIpc) is 2.21. The molecule has 1 rings (SSSR count). The molecular weight excluding hydrogens is 299 g/mol. The van der Waals surface area contributed by atoms with Crippen LogP contribution in [0.15, 0.2) is 18.2 Å². The lowest BCUT2D eigenvalue weighted by Crippen LogP contribution is -2.35. The van der Waals surface area contributed by atoms with Crippen LogP contribution in [-0.2, 0) is 9.84 Å². The van der Waals surface area contributed by atoms with Gasteiger partial charge in [0.1, 0.15) is 5.88 Å². The second-order valence-corrected chi connectivity index (χ2v) is 6.74. The van der Waals surface area contributed by atoms with Gasteiger partial charge in [-0.3, -0.25) is 0 Å². The van der Waals surface area contributed by atoms with E-state index < -0.39 is 15.9 Å². The summed E-state index contributed by atoms with van der Waals surface area (Å²) in [4.78, 5) is 12.7. The summed E-state index contributed by atoms with van der Waals surface area (Å²) < 4.78 is 22.1. The van der Waals surface area contributed by atoms with Gasteiger partial charge in [-0.25, -0.2) is 13.2 Å². The number of anilines is 1. The molecule has 1 aromatic rings. The van der Waals surface area contributed by atoms with Crippen molar-refractivity contribution in [3.05, 3.63) is 28.2 Å². The molecule has 0 aliphatic rings. The van der Waals surface area contributed by atoms with Crippen LogP contribution in [-0.4, -0.2) is 38.5 Å². The van der Waals surface area contributed by atoms with Crippen LogP contribution in [0, 0.1) is 0 Å². The highest BCUT2D eigenvalue weighted by Crippen LogP contribution is 2.25. The van der Waals surface area contributed by atoms with Crippen molar-refractivity contribution in [1.29, 1.82) is 0 Å². The Balaban J connectivity index is 2.72. The van der Waals surface area contributed by atoms with Gasteiger partial charge < -0.3 is 10.2 Å². The van der Waals surface area contributed by atoms with E-state index in [0.717, 1.165) is 11.2 Å². The molecule has 0 atom stereocenters. The molecule has 0 aromatic heterocycles. The summed E-state index contributed by atoms with van der Waals surface area (Å²) in [7, 11) is -1.87. The first-order chi connectivity index (χ1) is 8.19. The Morgan fingerprint density at radius 2 is 1.94 bits per heavy atom. The van der Waals surface area contributed by atoms with Gasteiger partial charge in [0, 0.05) is 19.0 Å². The molecule has 0 saturated heterocycles. The topological polar surface area (TPSA) is 66.5 Å². The Labute approximate surface area is 116 Å². The molecule has 5 nitrogen and oxygen atoms in total. The van der Waals surface area contributed by atoms with Gasteiger partial charge in [-0.2, -0.15) is 0 Å². The molecule has 0 fully saturated rings.